The highest BCUT2D eigenvalue weighted by Gasteiger charge is 2.50. The summed E-state index contributed by atoms with van der Waals surface area (Å²) in [4.78, 5) is 40.1. The van der Waals surface area contributed by atoms with Crippen LogP contribution in [0.1, 0.15) is 24.5 Å². The summed E-state index contributed by atoms with van der Waals surface area (Å²) in [6, 6.07) is 14.2. The van der Waals surface area contributed by atoms with E-state index < -0.39 is 23.4 Å². The van der Waals surface area contributed by atoms with Crippen molar-refractivity contribution >= 4 is 23.5 Å². The van der Waals surface area contributed by atoms with Gasteiger partial charge in [0.1, 0.15) is 11.3 Å². The Labute approximate surface area is 174 Å². The van der Waals surface area contributed by atoms with E-state index in [1.165, 1.54) is 5.56 Å². The number of benzene rings is 2. The molecule has 2 heterocycles. The maximum absolute atomic E-state index is 13.0. The molecule has 2 N–H and O–H groups in total. The maximum Gasteiger partial charge on any atom is 0.344 e. The Morgan fingerprint density at radius 2 is 1.90 bits per heavy atom. The van der Waals surface area contributed by atoms with Crippen molar-refractivity contribution in [3.63, 3.8) is 0 Å². The molecule has 2 aromatic carbocycles. The van der Waals surface area contributed by atoms with E-state index in [4.69, 9.17) is 4.74 Å². The molecule has 0 bridgehead atoms. The predicted octanol–water partition coefficient (Wildman–Crippen LogP) is 1.95. The molecular weight excluding hydrogens is 384 g/mol. The van der Waals surface area contributed by atoms with E-state index in [-0.39, 0.29) is 6.54 Å². The number of para-hydroxylation sites is 1. The van der Waals surface area contributed by atoms with Gasteiger partial charge in [-0.25, -0.2) is 4.79 Å². The Bertz CT molecular complexity index is 991. The van der Waals surface area contributed by atoms with Crippen LogP contribution in [0, 0.1) is 0 Å². The molecule has 8 nitrogen and oxygen atoms in total. The number of fused-ring (bicyclic) bond motifs is 1. The molecule has 2 aromatic rings. The van der Waals surface area contributed by atoms with Gasteiger partial charge in [-0.1, -0.05) is 30.3 Å². The fourth-order valence-electron chi connectivity index (χ4n) is 3.97. The van der Waals surface area contributed by atoms with E-state index >= 15 is 0 Å². The summed E-state index contributed by atoms with van der Waals surface area (Å²) in [7, 11) is 1.55. The van der Waals surface area contributed by atoms with E-state index in [2.05, 4.69) is 16.8 Å². The molecule has 2 aliphatic heterocycles. The van der Waals surface area contributed by atoms with Gasteiger partial charge in [-0.15, -0.1) is 0 Å². The molecule has 0 spiro atoms. The van der Waals surface area contributed by atoms with Crippen LogP contribution in [0.15, 0.2) is 48.5 Å². The molecule has 2 aliphatic rings. The van der Waals surface area contributed by atoms with Crippen LogP contribution in [0.25, 0.3) is 0 Å². The van der Waals surface area contributed by atoms with Gasteiger partial charge in [-0.3, -0.25) is 15.0 Å². The number of hydrogen-bond donors (Lipinski definition) is 2. The molecule has 0 radical (unpaired) electrons. The number of hydrazine groups is 1. The highest BCUT2D eigenvalue weighted by molar-refractivity contribution is 6.08. The summed E-state index contributed by atoms with van der Waals surface area (Å²) in [6.45, 7) is 2.42. The van der Waals surface area contributed by atoms with Crippen LogP contribution >= 0.6 is 0 Å². The predicted molar refractivity (Wildman–Crippen MR) is 111 cm³/mol. The summed E-state index contributed by atoms with van der Waals surface area (Å²) < 4.78 is 5.14. The van der Waals surface area contributed by atoms with Gasteiger partial charge in [0, 0.05) is 12.2 Å². The van der Waals surface area contributed by atoms with Crippen molar-refractivity contribution in [2.75, 3.05) is 25.1 Å². The van der Waals surface area contributed by atoms with Crippen molar-refractivity contribution in [1.82, 2.24) is 15.8 Å². The number of aryl methyl sites for hydroxylation is 1. The van der Waals surface area contributed by atoms with Crippen LogP contribution < -0.4 is 20.4 Å². The first kappa shape index (κ1) is 19.8. The maximum atomic E-state index is 13.0. The minimum absolute atomic E-state index is 0.0628. The van der Waals surface area contributed by atoms with Crippen molar-refractivity contribution in [1.29, 1.82) is 0 Å². The summed E-state index contributed by atoms with van der Waals surface area (Å²) in [5.74, 6) is -0.315. The average Bonchev–Trinajstić information content (AvgIpc) is 2.98. The van der Waals surface area contributed by atoms with E-state index in [0.717, 1.165) is 30.1 Å². The second kappa shape index (κ2) is 7.70. The molecule has 1 atom stereocenters. The van der Waals surface area contributed by atoms with Crippen LogP contribution in [0.5, 0.6) is 5.75 Å². The SMILES string of the molecule is COc1ccc(C2(C)NC(=O)N(NC(=O)CN3CCCc4ccccc43)C2=O)cc1. The highest BCUT2D eigenvalue weighted by Crippen LogP contribution is 2.29. The number of carbonyl (C=O) groups excluding carboxylic acids is 3. The number of urea groups is 1. The van der Waals surface area contributed by atoms with Crippen molar-refractivity contribution in [3.05, 3.63) is 59.7 Å². The number of methoxy groups -OCH3 is 1. The fourth-order valence-corrected chi connectivity index (χ4v) is 3.97. The molecule has 1 fully saturated rings. The second-order valence-corrected chi connectivity index (χ2v) is 7.61. The third-order valence-corrected chi connectivity index (χ3v) is 5.64. The van der Waals surface area contributed by atoms with Crippen LogP contribution in [0.2, 0.25) is 0 Å². The molecule has 4 amide bonds. The summed E-state index contributed by atoms with van der Waals surface area (Å²) in [5.41, 5.74) is 4.01. The first-order valence-electron chi connectivity index (χ1n) is 9.86. The van der Waals surface area contributed by atoms with Crippen molar-refractivity contribution in [2.24, 2.45) is 0 Å². The number of nitrogens with zero attached hydrogens (tertiary/aromatic N) is 2. The number of amides is 4. The monoisotopic (exact) mass is 408 g/mol. The van der Waals surface area contributed by atoms with E-state index in [0.29, 0.717) is 11.3 Å². The van der Waals surface area contributed by atoms with Crippen molar-refractivity contribution in [3.8, 4) is 5.75 Å². The number of ether oxygens (including phenoxy) is 1. The minimum Gasteiger partial charge on any atom is -0.497 e. The van der Waals surface area contributed by atoms with Gasteiger partial charge in [0.05, 0.1) is 13.7 Å². The fraction of sp³-hybridized carbons (Fsp3) is 0.318. The van der Waals surface area contributed by atoms with Gasteiger partial charge in [0.2, 0.25) is 0 Å². The molecule has 1 saturated heterocycles. The quantitative estimate of drug-likeness (QED) is 0.738. The van der Waals surface area contributed by atoms with Crippen molar-refractivity contribution < 1.29 is 19.1 Å². The van der Waals surface area contributed by atoms with Crippen LogP contribution in [-0.2, 0) is 21.5 Å². The summed E-state index contributed by atoms with van der Waals surface area (Å²) in [5, 5.41) is 3.44. The molecule has 0 aromatic heterocycles. The van der Waals surface area contributed by atoms with Crippen molar-refractivity contribution in [2.45, 2.75) is 25.3 Å². The van der Waals surface area contributed by atoms with Crippen LogP contribution in [0.4, 0.5) is 10.5 Å². The summed E-state index contributed by atoms with van der Waals surface area (Å²) in [6.07, 6.45) is 1.92. The minimum atomic E-state index is -1.27. The van der Waals surface area contributed by atoms with E-state index in [9.17, 15) is 14.4 Å². The topological polar surface area (TPSA) is 91.0 Å². The Balaban J connectivity index is 1.46. The number of nitrogens with one attached hydrogen (secondary N) is 2. The molecule has 0 saturated carbocycles. The van der Waals surface area contributed by atoms with Gasteiger partial charge >= 0.3 is 6.03 Å². The normalized spacial score (nSPS) is 20.6. The molecule has 30 heavy (non-hydrogen) atoms. The molecule has 8 heteroatoms. The number of imide groups is 1. The van der Waals surface area contributed by atoms with E-state index in [1.54, 1.807) is 38.3 Å². The van der Waals surface area contributed by atoms with Crippen LogP contribution in [-0.4, -0.2) is 43.1 Å². The number of rotatable bonds is 5. The van der Waals surface area contributed by atoms with Gasteiger partial charge in [-0.2, -0.15) is 5.01 Å². The Morgan fingerprint density at radius 3 is 2.63 bits per heavy atom. The third kappa shape index (κ3) is 3.45. The lowest BCUT2D eigenvalue weighted by molar-refractivity contribution is -0.138. The molecule has 156 valence electrons. The zero-order chi connectivity index (χ0) is 21.3. The Kier molecular flexibility index (Phi) is 5.07. The van der Waals surface area contributed by atoms with Gasteiger partial charge < -0.3 is 15.0 Å². The molecular formula is C22H24N4O4. The van der Waals surface area contributed by atoms with Gasteiger partial charge in [-0.05, 0) is 49.1 Å². The van der Waals surface area contributed by atoms with Gasteiger partial charge in [0.15, 0.2) is 0 Å². The average molecular weight is 408 g/mol. The highest BCUT2D eigenvalue weighted by atomic mass is 16.5. The first-order valence-corrected chi connectivity index (χ1v) is 9.86. The molecule has 4 rings (SSSR count). The van der Waals surface area contributed by atoms with E-state index in [1.807, 2.05) is 23.1 Å². The molecule has 1 unspecified atom stereocenters. The van der Waals surface area contributed by atoms with Crippen LogP contribution in [0.3, 0.4) is 0 Å². The second-order valence-electron chi connectivity index (χ2n) is 7.61. The van der Waals surface area contributed by atoms with Gasteiger partial charge in [0.25, 0.3) is 11.8 Å². The standard InChI is InChI=1S/C22H24N4O4/c1-22(16-9-11-17(30-2)12-10-16)20(28)26(21(29)23-22)24-19(27)14-25-13-5-7-15-6-3-4-8-18(15)25/h3-4,6,8-12H,5,7,13-14H2,1-2H3,(H,23,29)(H,24,27). The zero-order valence-corrected chi connectivity index (χ0v) is 17.0. The Morgan fingerprint density at radius 1 is 1.17 bits per heavy atom. The number of anilines is 1. The summed E-state index contributed by atoms with van der Waals surface area (Å²) >= 11 is 0. The Hall–Kier alpha value is -3.55. The number of carbonyl (C=O) groups is 3. The zero-order valence-electron chi connectivity index (χ0n) is 17.0. The lowest BCUT2D eigenvalue weighted by atomic mass is 9.92. The number of hydrogen-bond acceptors (Lipinski definition) is 5. The third-order valence-electron chi connectivity index (χ3n) is 5.64. The largest absolute Gasteiger partial charge is 0.497 e. The first-order chi connectivity index (χ1) is 14.4. The lowest BCUT2D eigenvalue weighted by Crippen LogP contribution is -2.51. The smallest absolute Gasteiger partial charge is 0.344 e. The lowest BCUT2D eigenvalue weighted by Gasteiger charge is -2.31. The molecule has 0 aliphatic carbocycles.